The number of aromatic nitrogens is 1. The zero-order valence-corrected chi connectivity index (χ0v) is 12.8. The highest BCUT2D eigenvalue weighted by Crippen LogP contribution is 2.22. The molecular formula is C14H17BrN2S. The minimum Gasteiger partial charge on any atom is -0.309 e. The fraction of sp³-hybridized carbons (Fsp3) is 0.357. The minimum absolute atomic E-state index is 0.374. The molecule has 2 rings (SSSR count). The summed E-state index contributed by atoms with van der Waals surface area (Å²) < 4.78 is 1.13. The summed E-state index contributed by atoms with van der Waals surface area (Å²) in [5.74, 6) is 0. The molecular weight excluding hydrogens is 308 g/mol. The first-order chi connectivity index (χ1) is 8.79. The maximum atomic E-state index is 4.18. The van der Waals surface area contributed by atoms with Crippen LogP contribution < -0.4 is 5.32 Å². The van der Waals surface area contributed by atoms with Crippen molar-refractivity contribution in [1.82, 2.24) is 10.3 Å². The fourth-order valence-electron chi connectivity index (χ4n) is 1.85. The van der Waals surface area contributed by atoms with Gasteiger partial charge in [0.15, 0.2) is 0 Å². The summed E-state index contributed by atoms with van der Waals surface area (Å²) in [6.07, 6.45) is 4.13. The summed E-state index contributed by atoms with van der Waals surface area (Å²) in [4.78, 5) is 5.49. The van der Waals surface area contributed by atoms with E-state index in [1.165, 1.54) is 10.4 Å². The normalized spacial score (nSPS) is 12.6. The Labute approximate surface area is 121 Å². The van der Waals surface area contributed by atoms with Gasteiger partial charge in [0.25, 0.3) is 0 Å². The lowest BCUT2D eigenvalue weighted by Gasteiger charge is -2.16. The Morgan fingerprint density at radius 2 is 2.11 bits per heavy atom. The summed E-state index contributed by atoms with van der Waals surface area (Å²) in [6, 6.07) is 8.91. The van der Waals surface area contributed by atoms with Crippen molar-refractivity contribution in [3.05, 3.63) is 50.9 Å². The Bertz CT molecular complexity index is 453. The van der Waals surface area contributed by atoms with Crippen LogP contribution in [0.5, 0.6) is 0 Å². The molecule has 2 nitrogen and oxygen atoms in total. The number of thiazole rings is 1. The molecule has 96 valence electrons. The van der Waals surface area contributed by atoms with Crippen LogP contribution in [-0.2, 0) is 6.42 Å². The maximum Gasteiger partial charge on any atom is 0.0794 e. The van der Waals surface area contributed by atoms with Gasteiger partial charge >= 0.3 is 0 Å². The SMILES string of the molecule is CCCNC(Cc1ccc(Br)cc1)c1cncs1. The zero-order valence-electron chi connectivity index (χ0n) is 10.4. The Kier molecular flexibility index (Phi) is 5.35. The second kappa shape index (κ2) is 7.02. The van der Waals surface area contributed by atoms with Gasteiger partial charge in [0, 0.05) is 21.6 Å². The van der Waals surface area contributed by atoms with E-state index in [0.29, 0.717) is 6.04 Å². The van der Waals surface area contributed by atoms with E-state index in [1.807, 2.05) is 11.7 Å². The molecule has 0 spiro atoms. The molecule has 0 saturated carbocycles. The lowest BCUT2D eigenvalue weighted by molar-refractivity contribution is 0.536. The number of hydrogen-bond donors (Lipinski definition) is 1. The third-order valence-electron chi connectivity index (χ3n) is 2.79. The van der Waals surface area contributed by atoms with Gasteiger partial charge in [-0.3, -0.25) is 4.98 Å². The van der Waals surface area contributed by atoms with Gasteiger partial charge in [-0.2, -0.15) is 0 Å². The molecule has 2 aromatic rings. The predicted octanol–water partition coefficient (Wildman–Crippen LogP) is 4.19. The fourth-order valence-corrected chi connectivity index (χ4v) is 2.81. The standard InChI is InChI=1S/C14H17BrN2S/c1-2-7-17-13(14-9-16-10-18-14)8-11-3-5-12(15)6-4-11/h3-6,9-10,13,17H,2,7-8H2,1H3. The third kappa shape index (κ3) is 3.90. The van der Waals surface area contributed by atoms with Crippen LogP contribution in [0.15, 0.2) is 40.4 Å². The van der Waals surface area contributed by atoms with E-state index in [0.717, 1.165) is 23.9 Å². The minimum atomic E-state index is 0.374. The molecule has 0 saturated heterocycles. The summed E-state index contributed by atoms with van der Waals surface area (Å²) in [6.45, 7) is 3.23. The van der Waals surface area contributed by atoms with Crippen molar-refractivity contribution in [2.24, 2.45) is 0 Å². The van der Waals surface area contributed by atoms with Crippen molar-refractivity contribution in [3.63, 3.8) is 0 Å². The topological polar surface area (TPSA) is 24.9 Å². The maximum absolute atomic E-state index is 4.18. The molecule has 1 unspecified atom stereocenters. The van der Waals surface area contributed by atoms with Crippen LogP contribution in [0, 0.1) is 0 Å². The summed E-state index contributed by atoms with van der Waals surface area (Å²) in [5, 5.41) is 3.59. The van der Waals surface area contributed by atoms with E-state index in [4.69, 9.17) is 0 Å². The first kappa shape index (κ1) is 13.7. The molecule has 4 heteroatoms. The van der Waals surface area contributed by atoms with Gasteiger partial charge in [-0.1, -0.05) is 35.0 Å². The van der Waals surface area contributed by atoms with Crippen molar-refractivity contribution >= 4 is 27.3 Å². The average Bonchev–Trinajstić information content (AvgIpc) is 2.90. The van der Waals surface area contributed by atoms with Crippen LogP contribution in [-0.4, -0.2) is 11.5 Å². The largest absolute Gasteiger partial charge is 0.309 e. The Balaban J connectivity index is 2.07. The number of benzene rings is 1. The molecule has 0 aliphatic carbocycles. The summed E-state index contributed by atoms with van der Waals surface area (Å²) in [7, 11) is 0. The number of halogens is 1. The molecule has 18 heavy (non-hydrogen) atoms. The second-order valence-corrected chi connectivity index (χ2v) is 6.07. The van der Waals surface area contributed by atoms with Gasteiger partial charge in [0.1, 0.15) is 0 Å². The smallest absolute Gasteiger partial charge is 0.0794 e. The van der Waals surface area contributed by atoms with Crippen LogP contribution in [0.4, 0.5) is 0 Å². The monoisotopic (exact) mass is 324 g/mol. The Hall–Kier alpha value is -0.710. The Morgan fingerprint density at radius 1 is 1.33 bits per heavy atom. The first-order valence-corrected chi connectivity index (χ1v) is 7.83. The second-order valence-electron chi connectivity index (χ2n) is 4.24. The molecule has 0 aliphatic rings. The van der Waals surface area contributed by atoms with E-state index in [1.54, 1.807) is 11.3 Å². The van der Waals surface area contributed by atoms with Crippen molar-refractivity contribution in [1.29, 1.82) is 0 Å². The van der Waals surface area contributed by atoms with Gasteiger partial charge in [-0.25, -0.2) is 0 Å². The Morgan fingerprint density at radius 3 is 2.72 bits per heavy atom. The van der Waals surface area contributed by atoms with Crippen LogP contribution in [0.25, 0.3) is 0 Å². The lowest BCUT2D eigenvalue weighted by Crippen LogP contribution is -2.23. The highest BCUT2D eigenvalue weighted by Gasteiger charge is 2.12. The van der Waals surface area contributed by atoms with Crippen LogP contribution in [0.2, 0.25) is 0 Å². The highest BCUT2D eigenvalue weighted by atomic mass is 79.9. The number of rotatable bonds is 6. The number of hydrogen-bond acceptors (Lipinski definition) is 3. The molecule has 1 atom stereocenters. The lowest BCUT2D eigenvalue weighted by atomic mass is 10.1. The van der Waals surface area contributed by atoms with Gasteiger partial charge in [0.2, 0.25) is 0 Å². The van der Waals surface area contributed by atoms with Gasteiger partial charge in [-0.15, -0.1) is 11.3 Å². The van der Waals surface area contributed by atoms with Crippen LogP contribution >= 0.6 is 27.3 Å². The molecule has 0 fully saturated rings. The summed E-state index contributed by atoms with van der Waals surface area (Å²) in [5.41, 5.74) is 3.25. The van der Waals surface area contributed by atoms with Crippen LogP contribution in [0.3, 0.4) is 0 Å². The quantitative estimate of drug-likeness (QED) is 0.861. The molecule has 0 amide bonds. The van der Waals surface area contributed by atoms with E-state index < -0.39 is 0 Å². The molecule has 1 N–H and O–H groups in total. The van der Waals surface area contributed by atoms with E-state index in [9.17, 15) is 0 Å². The van der Waals surface area contributed by atoms with Crippen molar-refractivity contribution < 1.29 is 0 Å². The van der Waals surface area contributed by atoms with Crippen LogP contribution in [0.1, 0.15) is 29.8 Å². The zero-order chi connectivity index (χ0) is 12.8. The molecule has 0 bridgehead atoms. The highest BCUT2D eigenvalue weighted by molar-refractivity contribution is 9.10. The molecule has 0 radical (unpaired) electrons. The first-order valence-electron chi connectivity index (χ1n) is 6.16. The van der Waals surface area contributed by atoms with Crippen molar-refractivity contribution in [3.8, 4) is 0 Å². The number of nitrogens with zero attached hydrogens (tertiary/aromatic N) is 1. The molecule has 0 aliphatic heterocycles. The average molecular weight is 325 g/mol. The molecule has 1 aromatic carbocycles. The van der Waals surface area contributed by atoms with Gasteiger partial charge in [-0.05, 0) is 37.1 Å². The molecule has 1 aromatic heterocycles. The van der Waals surface area contributed by atoms with E-state index in [2.05, 4.69) is 57.4 Å². The number of nitrogens with one attached hydrogen (secondary N) is 1. The van der Waals surface area contributed by atoms with Crippen molar-refractivity contribution in [2.45, 2.75) is 25.8 Å². The molecule has 1 heterocycles. The van der Waals surface area contributed by atoms with Crippen molar-refractivity contribution in [2.75, 3.05) is 6.54 Å². The summed E-state index contributed by atoms with van der Waals surface area (Å²) >= 11 is 5.19. The third-order valence-corrected chi connectivity index (χ3v) is 4.21. The van der Waals surface area contributed by atoms with E-state index in [-0.39, 0.29) is 0 Å². The van der Waals surface area contributed by atoms with E-state index >= 15 is 0 Å². The van der Waals surface area contributed by atoms with Gasteiger partial charge in [0.05, 0.1) is 5.51 Å². The van der Waals surface area contributed by atoms with Gasteiger partial charge < -0.3 is 5.32 Å². The predicted molar refractivity (Wildman–Crippen MR) is 81.0 cm³/mol.